The zero-order valence-electron chi connectivity index (χ0n) is 21.7. The summed E-state index contributed by atoms with van der Waals surface area (Å²) in [7, 11) is 1.71. The summed E-state index contributed by atoms with van der Waals surface area (Å²) in [6.45, 7) is 10.7. The fourth-order valence-electron chi connectivity index (χ4n) is 5.29. The molecule has 2 aromatic carbocycles. The minimum absolute atomic E-state index is 0.551. The summed E-state index contributed by atoms with van der Waals surface area (Å²) in [4.78, 5) is 9.35. The summed E-state index contributed by atoms with van der Waals surface area (Å²) in [6.07, 6.45) is 11.7. The molecule has 0 spiro atoms. The molecule has 2 N–H and O–H groups in total. The Labute approximate surface area is 213 Å². The topological polar surface area (TPSA) is 63.5 Å². The number of methoxy groups -OCH3 is 1. The van der Waals surface area contributed by atoms with Crippen molar-refractivity contribution in [2.24, 2.45) is 0 Å². The number of rotatable bonds is 8. The molecule has 0 bridgehead atoms. The third-order valence-electron chi connectivity index (χ3n) is 7.47. The summed E-state index contributed by atoms with van der Waals surface area (Å²) in [5.74, 6) is 1.62. The van der Waals surface area contributed by atoms with Crippen LogP contribution < -0.4 is 15.4 Å². The maximum atomic E-state index is 5.49. The van der Waals surface area contributed by atoms with Crippen LogP contribution in [-0.2, 0) is 6.42 Å². The molecule has 2 aromatic heterocycles. The van der Waals surface area contributed by atoms with Crippen LogP contribution in [0, 0.1) is 13.8 Å². The smallest absolute Gasteiger partial charge is 0.180 e. The van der Waals surface area contributed by atoms with Crippen molar-refractivity contribution in [1.29, 1.82) is 0 Å². The highest BCUT2D eigenvalue weighted by atomic mass is 16.5. The zero-order chi connectivity index (χ0) is 25.2. The lowest BCUT2D eigenvalue weighted by Gasteiger charge is -2.19. The zero-order valence-corrected chi connectivity index (χ0v) is 21.7. The molecule has 0 aliphatic heterocycles. The average molecular weight is 482 g/mol. The van der Waals surface area contributed by atoms with Gasteiger partial charge in [0, 0.05) is 40.9 Å². The van der Waals surface area contributed by atoms with E-state index in [1.54, 1.807) is 7.11 Å². The largest absolute Gasteiger partial charge is 0.496 e. The van der Waals surface area contributed by atoms with Gasteiger partial charge in [0.05, 0.1) is 19.0 Å². The summed E-state index contributed by atoms with van der Waals surface area (Å²) in [6, 6.07) is 11.1. The molecule has 6 heteroatoms. The van der Waals surface area contributed by atoms with Gasteiger partial charge in [0.1, 0.15) is 5.75 Å². The van der Waals surface area contributed by atoms with Gasteiger partial charge in [0.2, 0.25) is 0 Å². The van der Waals surface area contributed by atoms with E-state index >= 15 is 0 Å². The first kappa shape index (κ1) is 23.9. The van der Waals surface area contributed by atoms with Crippen LogP contribution >= 0.6 is 0 Å². The van der Waals surface area contributed by atoms with Crippen LogP contribution in [0.4, 0.5) is 11.5 Å². The molecule has 4 aromatic rings. The van der Waals surface area contributed by atoms with Crippen molar-refractivity contribution in [3.63, 3.8) is 0 Å². The second kappa shape index (κ2) is 10.1. The predicted molar refractivity (Wildman–Crippen MR) is 148 cm³/mol. The molecule has 1 saturated carbocycles. The third kappa shape index (κ3) is 4.43. The number of aromatic nitrogens is 3. The lowest BCUT2D eigenvalue weighted by molar-refractivity contribution is 0.411. The Balaban J connectivity index is 1.44. The Morgan fingerprint density at radius 2 is 1.92 bits per heavy atom. The highest BCUT2D eigenvalue weighted by molar-refractivity contribution is 5.77. The van der Waals surface area contributed by atoms with E-state index in [0.29, 0.717) is 6.04 Å². The normalized spacial score (nSPS) is 13.8. The van der Waals surface area contributed by atoms with Gasteiger partial charge < -0.3 is 15.4 Å². The highest BCUT2D eigenvalue weighted by Crippen LogP contribution is 2.33. The minimum atomic E-state index is 0.551. The number of aryl methyl sites for hydroxylation is 1. The Bertz CT molecular complexity index is 1410. The van der Waals surface area contributed by atoms with E-state index in [9.17, 15) is 0 Å². The van der Waals surface area contributed by atoms with Crippen LogP contribution in [0.2, 0.25) is 0 Å². The van der Waals surface area contributed by atoms with Crippen molar-refractivity contribution >= 4 is 22.8 Å². The Hall–Kier alpha value is -3.80. The molecular weight excluding hydrogens is 446 g/mol. The summed E-state index contributed by atoms with van der Waals surface area (Å²) >= 11 is 0. The van der Waals surface area contributed by atoms with E-state index < -0.39 is 0 Å². The summed E-state index contributed by atoms with van der Waals surface area (Å²) in [5.41, 5.74) is 9.71. The maximum Gasteiger partial charge on any atom is 0.180 e. The van der Waals surface area contributed by atoms with Crippen LogP contribution in [-0.4, -0.2) is 27.5 Å². The molecule has 0 amide bonds. The second-order valence-corrected chi connectivity index (χ2v) is 9.63. The number of fused-ring (bicyclic) bond motifs is 1. The molecule has 0 saturated heterocycles. The standard InChI is InChI=1S/C30H35N5O/c1-6-22-17-24(11-12-26(22)21(4)33-23-9-7-8-10-23)34-29-30-32-18-27(35(30)16-15-31-29)25-13-14-28(36-5)20(3)19(25)2/h11-18,23,33H,4,6-10H2,1-3,5H3,(H,31,34). The average Bonchev–Trinajstić information content (AvgIpc) is 3.56. The molecule has 0 radical (unpaired) electrons. The number of nitrogens with zero attached hydrogens (tertiary/aromatic N) is 3. The molecule has 5 rings (SSSR count). The number of benzene rings is 2. The van der Waals surface area contributed by atoms with Gasteiger partial charge in [-0.15, -0.1) is 0 Å². The van der Waals surface area contributed by atoms with E-state index in [1.165, 1.54) is 42.4 Å². The lowest BCUT2D eigenvalue weighted by atomic mass is 10.0. The van der Waals surface area contributed by atoms with Crippen LogP contribution in [0.15, 0.2) is 55.5 Å². The van der Waals surface area contributed by atoms with E-state index in [4.69, 9.17) is 9.72 Å². The van der Waals surface area contributed by atoms with Crippen LogP contribution in [0.3, 0.4) is 0 Å². The molecule has 0 unspecified atom stereocenters. The molecule has 36 heavy (non-hydrogen) atoms. The summed E-state index contributed by atoms with van der Waals surface area (Å²) in [5, 5.41) is 7.15. The van der Waals surface area contributed by atoms with Crippen LogP contribution in [0.25, 0.3) is 22.6 Å². The molecule has 186 valence electrons. The van der Waals surface area contributed by atoms with Crippen molar-refractivity contribution in [3.05, 3.63) is 77.8 Å². The number of ether oxygens (including phenoxy) is 1. The number of anilines is 2. The van der Waals surface area contributed by atoms with Crippen molar-refractivity contribution in [3.8, 4) is 17.0 Å². The van der Waals surface area contributed by atoms with Crippen molar-refractivity contribution in [2.45, 2.75) is 58.9 Å². The number of imidazole rings is 1. The number of hydrogen-bond donors (Lipinski definition) is 2. The molecule has 6 nitrogen and oxygen atoms in total. The van der Waals surface area contributed by atoms with Gasteiger partial charge in [-0.1, -0.05) is 32.4 Å². The van der Waals surface area contributed by atoms with Gasteiger partial charge in [-0.2, -0.15) is 0 Å². The Morgan fingerprint density at radius 3 is 2.67 bits per heavy atom. The SMILES string of the molecule is C=C(NC1CCCC1)c1ccc(Nc2nccn3c(-c4ccc(OC)c(C)c4C)cnc23)cc1CC. The first-order valence-electron chi connectivity index (χ1n) is 12.8. The van der Waals surface area contributed by atoms with Crippen molar-refractivity contribution in [1.82, 2.24) is 19.7 Å². The summed E-state index contributed by atoms with van der Waals surface area (Å²) < 4.78 is 7.58. The maximum absolute atomic E-state index is 5.49. The Kier molecular flexibility index (Phi) is 6.68. The molecule has 0 atom stereocenters. The van der Waals surface area contributed by atoms with Crippen LogP contribution in [0.1, 0.15) is 54.9 Å². The Morgan fingerprint density at radius 1 is 1.11 bits per heavy atom. The minimum Gasteiger partial charge on any atom is -0.496 e. The fourth-order valence-corrected chi connectivity index (χ4v) is 5.29. The van der Waals surface area contributed by atoms with Gasteiger partial charge in [-0.05, 0) is 74.1 Å². The fraction of sp³-hybridized carbons (Fsp3) is 0.333. The van der Waals surface area contributed by atoms with E-state index in [2.05, 4.69) is 71.6 Å². The first-order chi connectivity index (χ1) is 17.5. The van der Waals surface area contributed by atoms with Gasteiger partial charge in [-0.25, -0.2) is 9.97 Å². The molecular formula is C30H35N5O. The first-order valence-corrected chi connectivity index (χ1v) is 12.8. The number of hydrogen-bond acceptors (Lipinski definition) is 5. The van der Waals surface area contributed by atoms with E-state index in [0.717, 1.165) is 51.8 Å². The van der Waals surface area contributed by atoms with Crippen molar-refractivity contribution in [2.75, 3.05) is 12.4 Å². The van der Waals surface area contributed by atoms with Gasteiger partial charge in [0.25, 0.3) is 0 Å². The molecule has 1 fully saturated rings. The van der Waals surface area contributed by atoms with Crippen molar-refractivity contribution < 1.29 is 4.74 Å². The number of nitrogens with one attached hydrogen (secondary N) is 2. The third-order valence-corrected chi connectivity index (χ3v) is 7.47. The monoisotopic (exact) mass is 481 g/mol. The van der Waals surface area contributed by atoms with E-state index in [1.807, 2.05) is 24.7 Å². The van der Waals surface area contributed by atoms with Gasteiger partial charge in [-0.3, -0.25) is 4.40 Å². The highest BCUT2D eigenvalue weighted by Gasteiger charge is 2.18. The molecule has 2 heterocycles. The molecule has 1 aliphatic rings. The van der Waals surface area contributed by atoms with Gasteiger partial charge >= 0.3 is 0 Å². The lowest BCUT2D eigenvalue weighted by Crippen LogP contribution is -2.24. The van der Waals surface area contributed by atoms with Gasteiger partial charge in [0.15, 0.2) is 11.5 Å². The predicted octanol–water partition coefficient (Wildman–Crippen LogP) is 6.83. The van der Waals surface area contributed by atoms with Crippen LogP contribution in [0.5, 0.6) is 5.75 Å². The van der Waals surface area contributed by atoms with E-state index in [-0.39, 0.29) is 0 Å². The quantitative estimate of drug-likeness (QED) is 0.289. The second-order valence-electron chi connectivity index (χ2n) is 9.63. The molecule has 1 aliphatic carbocycles.